The van der Waals surface area contributed by atoms with Crippen LogP contribution in [0.1, 0.15) is 50.6 Å². The van der Waals surface area contributed by atoms with Gasteiger partial charge >= 0.3 is 0 Å². The normalized spacial score (nSPS) is 12.6. The molecule has 0 saturated heterocycles. The van der Waals surface area contributed by atoms with E-state index in [1.54, 1.807) is 0 Å². The fraction of sp³-hybridized carbons (Fsp3) is 0.600. The van der Waals surface area contributed by atoms with Crippen molar-refractivity contribution in [3.63, 3.8) is 0 Å². The number of aliphatic hydroxyl groups excluding tert-OH is 1. The highest BCUT2D eigenvalue weighted by atomic mass is 35.5. The van der Waals surface area contributed by atoms with Crippen LogP contribution in [0.15, 0.2) is 24.3 Å². The Bertz CT molecular complexity index is 313. The SMILES string of the molecule is CCC(NCCCCCCO)c1ccc(Cl)cc1. The van der Waals surface area contributed by atoms with Gasteiger partial charge in [-0.15, -0.1) is 0 Å². The number of hydrogen-bond donors (Lipinski definition) is 2. The van der Waals surface area contributed by atoms with Crippen molar-refractivity contribution in [1.29, 1.82) is 0 Å². The Labute approximate surface area is 115 Å². The largest absolute Gasteiger partial charge is 0.396 e. The van der Waals surface area contributed by atoms with E-state index in [0.29, 0.717) is 12.6 Å². The molecule has 0 fully saturated rings. The van der Waals surface area contributed by atoms with Crippen LogP contribution in [-0.4, -0.2) is 18.3 Å². The molecule has 1 aromatic carbocycles. The molecule has 0 aliphatic carbocycles. The Morgan fingerprint density at radius 3 is 2.39 bits per heavy atom. The number of benzene rings is 1. The minimum atomic E-state index is 0.315. The minimum Gasteiger partial charge on any atom is -0.396 e. The lowest BCUT2D eigenvalue weighted by Crippen LogP contribution is -2.21. The summed E-state index contributed by atoms with van der Waals surface area (Å²) in [5.41, 5.74) is 1.30. The number of aliphatic hydroxyl groups is 1. The fourth-order valence-electron chi connectivity index (χ4n) is 2.06. The Hall–Kier alpha value is -0.570. The zero-order valence-electron chi connectivity index (χ0n) is 11.2. The Balaban J connectivity index is 2.27. The number of unbranched alkanes of at least 4 members (excludes halogenated alkanes) is 3. The van der Waals surface area contributed by atoms with Crippen LogP contribution in [0.3, 0.4) is 0 Å². The second-order valence-corrected chi connectivity index (χ2v) is 5.04. The van der Waals surface area contributed by atoms with E-state index in [2.05, 4.69) is 24.4 Å². The molecule has 0 spiro atoms. The third-order valence-electron chi connectivity index (χ3n) is 3.16. The topological polar surface area (TPSA) is 32.3 Å². The third kappa shape index (κ3) is 5.85. The zero-order chi connectivity index (χ0) is 13.2. The molecule has 0 aromatic heterocycles. The first-order valence-corrected chi connectivity index (χ1v) is 7.25. The molecule has 1 aromatic rings. The predicted molar refractivity (Wildman–Crippen MR) is 78.0 cm³/mol. The zero-order valence-corrected chi connectivity index (χ0v) is 11.9. The van der Waals surface area contributed by atoms with Gasteiger partial charge in [-0.3, -0.25) is 0 Å². The van der Waals surface area contributed by atoms with Crippen molar-refractivity contribution >= 4 is 11.6 Å². The fourth-order valence-corrected chi connectivity index (χ4v) is 2.19. The molecule has 0 radical (unpaired) electrons. The molecule has 0 amide bonds. The van der Waals surface area contributed by atoms with Gasteiger partial charge in [0.1, 0.15) is 0 Å². The van der Waals surface area contributed by atoms with Crippen molar-refractivity contribution in [2.75, 3.05) is 13.2 Å². The highest BCUT2D eigenvalue weighted by Crippen LogP contribution is 2.19. The Morgan fingerprint density at radius 2 is 1.78 bits per heavy atom. The van der Waals surface area contributed by atoms with Crippen molar-refractivity contribution in [3.8, 4) is 0 Å². The van der Waals surface area contributed by atoms with Gasteiger partial charge in [0.15, 0.2) is 0 Å². The number of rotatable bonds is 9. The molecular formula is C15H24ClNO. The average Bonchev–Trinajstić information content (AvgIpc) is 2.39. The van der Waals surface area contributed by atoms with Gasteiger partial charge in [-0.05, 0) is 43.5 Å². The summed E-state index contributed by atoms with van der Waals surface area (Å²) in [4.78, 5) is 0. The number of halogens is 1. The summed E-state index contributed by atoms with van der Waals surface area (Å²) in [5, 5.41) is 13.1. The summed E-state index contributed by atoms with van der Waals surface area (Å²) in [6, 6.07) is 8.50. The maximum Gasteiger partial charge on any atom is 0.0431 e. The van der Waals surface area contributed by atoms with E-state index in [1.807, 2.05) is 12.1 Å². The lowest BCUT2D eigenvalue weighted by molar-refractivity contribution is 0.282. The standard InChI is InChI=1S/C15H24ClNO/c1-2-15(13-7-9-14(16)10-8-13)17-11-5-3-4-6-12-18/h7-10,15,17-18H,2-6,11-12H2,1H3. The Kier molecular flexibility index (Phi) is 8.06. The van der Waals surface area contributed by atoms with E-state index >= 15 is 0 Å². The first kappa shape index (κ1) is 15.5. The van der Waals surface area contributed by atoms with Gasteiger partial charge in [0.25, 0.3) is 0 Å². The number of hydrogen-bond acceptors (Lipinski definition) is 2. The van der Waals surface area contributed by atoms with E-state index in [9.17, 15) is 0 Å². The predicted octanol–water partition coefficient (Wildman–Crippen LogP) is 3.93. The average molecular weight is 270 g/mol. The van der Waals surface area contributed by atoms with Gasteiger partial charge in [-0.25, -0.2) is 0 Å². The lowest BCUT2D eigenvalue weighted by Gasteiger charge is -2.17. The summed E-state index contributed by atoms with van der Waals surface area (Å²) in [6.45, 7) is 3.54. The first-order chi connectivity index (χ1) is 8.77. The lowest BCUT2D eigenvalue weighted by atomic mass is 10.0. The van der Waals surface area contributed by atoms with Crippen LogP contribution in [0.5, 0.6) is 0 Å². The molecule has 0 bridgehead atoms. The van der Waals surface area contributed by atoms with E-state index in [0.717, 1.165) is 30.8 Å². The highest BCUT2D eigenvalue weighted by Gasteiger charge is 2.07. The molecule has 1 atom stereocenters. The molecule has 0 aliphatic heterocycles. The van der Waals surface area contributed by atoms with Crippen LogP contribution in [0.4, 0.5) is 0 Å². The molecule has 18 heavy (non-hydrogen) atoms. The van der Waals surface area contributed by atoms with Gasteiger partial charge in [0, 0.05) is 17.7 Å². The van der Waals surface area contributed by atoms with Crippen LogP contribution in [0, 0.1) is 0 Å². The van der Waals surface area contributed by atoms with E-state index in [1.165, 1.54) is 18.4 Å². The van der Waals surface area contributed by atoms with Crippen molar-refractivity contribution < 1.29 is 5.11 Å². The second kappa shape index (κ2) is 9.37. The van der Waals surface area contributed by atoms with E-state index in [-0.39, 0.29) is 0 Å². The summed E-state index contributed by atoms with van der Waals surface area (Å²) in [6.07, 6.45) is 5.48. The van der Waals surface area contributed by atoms with Crippen LogP contribution in [0.25, 0.3) is 0 Å². The van der Waals surface area contributed by atoms with Crippen LogP contribution >= 0.6 is 11.6 Å². The quantitative estimate of drug-likeness (QED) is 0.666. The summed E-state index contributed by atoms with van der Waals surface area (Å²) in [7, 11) is 0. The maximum atomic E-state index is 8.69. The maximum absolute atomic E-state index is 8.69. The third-order valence-corrected chi connectivity index (χ3v) is 3.41. The molecule has 2 N–H and O–H groups in total. The first-order valence-electron chi connectivity index (χ1n) is 6.87. The molecule has 3 heteroatoms. The van der Waals surface area contributed by atoms with Gasteiger partial charge in [-0.2, -0.15) is 0 Å². The van der Waals surface area contributed by atoms with Crippen LogP contribution < -0.4 is 5.32 Å². The molecule has 0 aliphatic rings. The van der Waals surface area contributed by atoms with Gasteiger partial charge in [-0.1, -0.05) is 43.5 Å². The molecule has 0 saturated carbocycles. The highest BCUT2D eigenvalue weighted by molar-refractivity contribution is 6.30. The van der Waals surface area contributed by atoms with Gasteiger partial charge in [0.05, 0.1) is 0 Å². The molecule has 0 heterocycles. The molecular weight excluding hydrogens is 246 g/mol. The second-order valence-electron chi connectivity index (χ2n) is 4.60. The Morgan fingerprint density at radius 1 is 1.11 bits per heavy atom. The van der Waals surface area contributed by atoms with Crippen molar-refractivity contribution in [2.24, 2.45) is 0 Å². The minimum absolute atomic E-state index is 0.315. The van der Waals surface area contributed by atoms with Crippen LogP contribution in [0.2, 0.25) is 5.02 Å². The van der Waals surface area contributed by atoms with E-state index in [4.69, 9.17) is 16.7 Å². The summed E-state index contributed by atoms with van der Waals surface area (Å²) in [5.74, 6) is 0. The number of nitrogens with one attached hydrogen (secondary N) is 1. The molecule has 1 rings (SSSR count). The van der Waals surface area contributed by atoms with E-state index < -0.39 is 0 Å². The van der Waals surface area contributed by atoms with Crippen molar-refractivity contribution in [2.45, 2.75) is 45.1 Å². The van der Waals surface area contributed by atoms with Crippen molar-refractivity contribution in [3.05, 3.63) is 34.9 Å². The summed E-state index contributed by atoms with van der Waals surface area (Å²) >= 11 is 5.89. The summed E-state index contributed by atoms with van der Waals surface area (Å²) < 4.78 is 0. The molecule has 2 nitrogen and oxygen atoms in total. The smallest absolute Gasteiger partial charge is 0.0431 e. The molecule has 1 unspecified atom stereocenters. The van der Waals surface area contributed by atoms with Crippen molar-refractivity contribution in [1.82, 2.24) is 5.32 Å². The monoisotopic (exact) mass is 269 g/mol. The van der Waals surface area contributed by atoms with Crippen LogP contribution in [-0.2, 0) is 0 Å². The van der Waals surface area contributed by atoms with Gasteiger partial charge in [0.2, 0.25) is 0 Å². The molecule has 102 valence electrons. The van der Waals surface area contributed by atoms with Gasteiger partial charge < -0.3 is 10.4 Å².